The van der Waals surface area contributed by atoms with Crippen molar-refractivity contribution in [2.75, 3.05) is 29.7 Å². The Balaban J connectivity index is 1.57. The summed E-state index contributed by atoms with van der Waals surface area (Å²) >= 11 is 11.9. The van der Waals surface area contributed by atoms with Gasteiger partial charge in [0.05, 0.1) is 11.0 Å². The standard InChI is InChI=1S/C27H36Cl2FN5O/c1-3-22(32-27(36)17-21(31)16-19-4-6-20(30)7-5-19)8-11-26-33-24-18-23(9-10-25(24)34(26)2)35(14-12-28)15-13-29/h4-7,9-10,18,21-22H,3,8,11-17,31H2,1-2H3,(H,32,36). The number of anilines is 1. The molecule has 1 aromatic heterocycles. The minimum Gasteiger partial charge on any atom is -0.369 e. The molecule has 0 aliphatic carbocycles. The SMILES string of the molecule is CCC(CCc1nc2cc(N(CCCl)CCCl)ccc2n1C)NC(=O)CC(N)Cc1ccc(F)cc1. The second kappa shape index (κ2) is 13.8. The Morgan fingerprint density at radius 3 is 2.50 bits per heavy atom. The molecule has 196 valence electrons. The molecule has 3 aromatic rings. The number of amides is 1. The molecule has 3 N–H and O–H groups in total. The number of carbonyl (C=O) groups is 1. The molecule has 6 nitrogen and oxygen atoms in total. The molecule has 0 saturated carbocycles. The first kappa shape index (κ1) is 28.2. The fourth-order valence-electron chi connectivity index (χ4n) is 4.43. The van der Waals surface area contributed by atoms with Crippen LogP contribution in [0.1, 0.15) is 37.6 Å². The number of hydrogen-bond donors (Lipinski definition) is 2. The maximum absolute atomic E-state index is 13.1. The van der Waals surface area contributed by atoms with Crippen molar-refractivity contribution >= 4 is 45.8 Å². The molecule has 1 amide bonds. The maximum Gasteiger partial charge on any atom is 0.221 e. The molecule has 3 rings (SSSR count). The number of halogens is 3. The first-order chi connectivity index (χ1) is 17.3. The Hall–Kier alpha value is -2.35. The number of rotatable bonds is 14. The fourth-order valence-corrected chi connectivity index (χ4v) is 4.84. The van der Waals surface area contributed by atoms with Gasteiger partial charge in [-0.1, -0.05) is 19.1 Å². The molecule has 9 heteroatoms. The first-order valence-electron chi connectivity index (χ1n) is 12.5. The predicted molar refractivity (Wildman–Crippen MR) is 148 cm³/mol. The normalized spacial score (nSPS) is 13.1. The Morgan fingerprint density at radius 2 is 1.86 bits per heavy atom. The summed E-state index contributed by atoms with van der Waals surface area (Å²) < 4.78 is 15.2. The highest BCUT2D eigenvalue weighted by Crippen LogP contribution is 2.23. The van der Waals surface area contributed by atoms with Crippen molar-refractivity contribution in [1.82, 2.24) is 14.9 Å². The zero-order valence-corrected chi connectivity index (χ0v) is 22.5. The molecule has 0 radical (unpaired) electrons. The zero-order valence-electron chi connectivity index (χ0n) is 21.0. The van der Waals surface area contributed by atoms with Crippen LogP contribution in [0.25, 0.3) is 11.0 Å². The molecule has 2 aromatic carbocycles. The smallest absolute Gasteiger partial charge is 0.221 e. The highest BCUT2D eigenvalue weighted by atomic mass is 35.5. The van der Waals surface area contributed by atoms with Gasteiger partial charge in [-0.25, -0.2) is 9.37 Å². The monoisotopic (exact) mass is 535 g/mol. The van der Waals surface area contributed by atoms with Gasteiger partial charge in [0.25, 0.3) is 0 Å². The van der Waals surface area contributed by atoms with E-state index in [0.717, 1.165) is 60.5 Å². The van der Waals surface area contributed by atoms with E-state index in [1.807, 2.05) is 7.05 Å². The van der Waals surface area contributed by atoms with Gasteiger partial charge in [0, 0.05) is 62.5 Å². The van der Waals surface area contributed by atoms with Crippen LogP contribution in [-0.4, -0.2) is 52.4 Å². The van der Waals surface area contributed by atoms with Gasteiger partial charge < -0.3 is 20.5 Å². The molecular formula is C27H36Cl2FN5O. The average molecular weight is 537 g/mol. The molecule has 0 bridgehead atoms. The van der Waals surface area contributed by atoms with E-state index in [1.165, 1.54) is 12.1 Å². The molecule has 0 saturated heterocycles. The van der Waals surface area contributed by atoms with Gasteiger partial charge in [-0.05, 0) is 55.2 Å². The number of alkyl halides is 2. The lowest BCUT2D eigenvalue weighted by Crippen LogP contribution is -2.39. The quantitative estimate of drug-likeness (QED) is 0.291. The summed E-state index contributed by atoms with van der Waals surface area (Å²) in [6, 6.07) is 12.2. The third-order valence-corrected chi connectivity index (χ3v) is 6.80. The van der Waals surface area contributed by atoms with Crippen molar-refractivity contribution in [3.05, 3.63) is 59.7 Å². The number of carbonyl (C=O) groups excluding carboxylic acids is 1. The van der Waals surface area contributed by atoms with Crippen molar-refractivity contribution in [2.45, 2.75) is 51.1 Å². The van der Waals surface area contributed by atoms with Gasteiger partial charge in [-0.2, -0.15) is 0 Å². The molecule has 1 heterocycles. The van der Waals surface area contributed by atoms with Crippen LogP contribution in [0.2, 0.25) is 0 Å². The van der Waals surface area contributed by atoms with Crippen LogP contribution in [0, 0.1) is 5.82 Å². The fraction of sp³-hybridized carbons (Fsp3) is 0.481. The van der Waals surface area contributed by atoms with Crippen LogP contribution in [0.3, 0.4) is 0 Å². The third kappa shape index (κ3) is 7.82. The number of imidazole rings is 1. The predicted octanol–water partition coefficient (Wildman–Crippen LogP) is 4.78. The van der Waals surface area contributed by atoms with Gasteiger partial charge in [0.1, 0.15) is 11.6 Å². The molecule has 36 heavy (non-hydrogen) atoms. The summed E-state index contributed by atoms with van der Waals surface area (Å²) in [6.45, 7) is 3.52. The lowest BCUT2D eigenvalue weighted by atomic mass is 10.0. The number of aromatic nitrogens is 2. The molecule has 0 aliphatic heterocycles. The van der Waals surface area contributed by atoms with Crippen molar-refractivity contribution in [2.24, 2.45) is 12.8 Å². The van der Waals surface area contributed by atoms with E-state index in [0.29, 0.717) is 18.2 Å². The third-order valence-electron chi connectivity index (χ3n) is 6.46. The van der Waals surface area contributed by atoms with E-state index in [9.17, 15) is 9.18 Å². The zero-order chi connectivity index (χ0) is 26.1. The molecule has 0 aliphatic rings. The van der Waals surface area contributed by atoms with Crippen LogP contribution in [0.5, 0.6) is 0 Å². The summed E-state index contributed by atoms with van der Waals surface area (Å²) in [5, 5.41) is 3.12. The minimum absolute atomic E-state index is 0.0360. The van der Waals surface area contributed by atoms with Gasteiger partial charge in [0.15, 0.2) is 0 Å². The van der Waals surface area contributed by atoms with Crippen molar-refractivity contribution in [3.8, 4) is 0 Å². The van der Waals surface area contributed by atoms with Crippen LogP contribution in [-0.2, 0) is 24.7 Å². The van der Waals surface area contributed by atoms with Crippen LogP contribution < -0.4 is 16.0 Å². The number of benzene rings is 2. The van der Waals surface area contributed by atoms with Crippen LogP contribution in [0.15, 0.2) is 42.5 Å². The number of aryl methyl sites for hydroxylation is 2. The molecular weight excluding hydrogens is 500 g/mol. The molecule has 0 spiro atoms. The number of fused-ring (bicyclic) bond motifs is 1. The van der Waals surface area contributed by atoms with E-state index < -0.39 is 0 Å². The Kier molecular flexibility index (Phi) is 10.8. The van der Waals surface area contributed by atoms with Crippen molar-refractivity contribution in [3.63, 3.8) is 0 Å². The lowest BCUT2D eigenvalue weighted by molar-refractivity contribution is -0.122. The summed E-state index contributed by atoms with van der Waals surface area (Å²) in [6.07, 6.45) is 3.10. The van der Waals surface area contributed by atoms with Gasteiger partial charge >= 0.3 is 0 Å². The highest BCUT2D eigenvalue weighted by Gasteiger charge is 2.17. The van der Waals surface area contributed by atoms with Crippen LogP contribution >= 0.6 is 23.2 Å². The topological polar surface area (TPSA) is 76.2 Å². The van der Waals surface area contributed by atoms with Gasteiger partial charge in [0.2, 0.25) is 5.91 Å². The van der Waals surface area contributed by atoms with Crippen LogP contribution in [0.4, 0.5) is 10.1 Å². The second-order valence-electron chi connectivity index (χ2n) is 9.13. The van der Waals surface area contributed by atoms with Crippen molar-refractivity contribution in [1.29, 1.82) is 0 Å². The number of nitrogens with two attached hydrogens (primary N) is 1. The molecule has 0 fully saturated rings. The summed E-state index contributed by atoms with van der Waals surface area (Å²) in [5.74, 6) is 1.69. The summed E-state index contributed by atoms with van der Waals surface area (Å²) in [4.78, 5) is 19.6. The maximum atomic E-state index is 13.1. The average Bonchev–Trinajstić information content (AvgIpc) is 3.17. The second-order valence-corrected chi connectivity index (χ2v) is 9.89. The van der Waals surface area contributed by atoms with E-state index in [2.05, 4.69) is 39.9 Å². The molecule has 2 unspecified atom stereocenters. The summed E-state index contributed by atoms with van der Waals surface area (Å²) in [7, 11) is 2.02. The Labute approximate surface area is 223 Å². The lowest BCUT2D eigenvalue weighted by Gasteiger charge is -2.22. The first-order valence-corrected chi connectivity index (χ1v) is 13.5. The van der Waals surface area contributed by atoms with E-state index in [-0.39, 0.29) is 30.2 Å². The number of nitrogens with zero attached hydrogens (tertiary/aromatic N) is 3. The largest absolute Gasteiger partial charge is 0.369 e. The Bertz CT molecular complexity index is 1120. The minimum atomic E-state index is -0.320. The van der Waals surface area contributed by atoms with E-state index in [4.69, 9.17) is 33.9 Å². The van der Waals surface area contributed by atoms with Gasteiger partial charge in [-0.15, -0.1) is 23.2 Å². The van der Waals surface area contributed by atoms with E-state index in [1.54, 1.807) is 12.1 Å². The number of hydrogen-bond acceptors (Lipinski definition) is 4. The molecule has 2 atom stereocenters. The summed E-state index contributed by atoms with van der Waals surface area (Å²) in [5.41, 5.74) is 10.2. The van der Waals surface area contributed by atoms with Crippen molar-refractivity contribution < 1.29 is 9.18 Å². The number of nitrogens with one attached hydrogen (secondary N) is 1. The Morgan fingerprint density at radius 1 is 1.17 bits per heavy atom. The van der Waals surface area contributed by atoms with E-state index >= 15 is 0 Å². The van der Waals surface area contributed by atoms with Gasteiger partial charge in [-0.3, -0.25) is 4.79 Å². The highest BCUT2D eigenvalue weighted by molar-refractivity contribution is 6.18.